The van der Waals surface area contributed by atoms with Crippen molar-refractivity contribution in [3.8, 4) is 0 Å². The molecule has 3 nitrogen and oxygen atoms in total. The summed E-state index contributed by atoms with van der Waals surface area (Å²) in [6, 6.07) is 0. The summed E-state index contributed by atoms with van der Waals surface area (Å²) < 4.78 is 4.75. The van der Waals surface area contributed by atoms with Crippen LogP contribution in [-0.2, 0) is 9.53 Å². The fraction of sp³-hybridized carbons (Fsp3) is 0.571. The molecule has 0 aliphatic rings. The van der Waals surface area contributed by atoms with E-state index in [0.29, 0.717) is 12.3 Å². The topological polar surface area (TPSA) is 29.5 Å². The molecule has 0 heterocycles. The molecule has 0 fully saturated rings. The summed E-state index contributed by atoms with van der Waals surface area (Å²) in [5.74, 6) is -0.339. The number of ether oxygens (including phenoxy) is 1. The molecule has 0 aliphatic heterocycles. The first-order chi connectivity index (χ1) is 4.54. The molecule has 0 amide bonds. The van der Waals surface area contributed by atoms with Gasteiger partial charge in [-0.2, -0.15) is 0 Å². The smallest absolute Gasteiger partial charge is 0.334 e. The van der Waals surface area contributed by atoms with E-state index in [0.717, 1.165) is 0 Å². The molecule has 0 saturated heterocycles. The van der Waals surface area contributed by atoms with E-state index in [9.17, 15) is 4.79 Å². The van der Waals surface area contributed by atoms with E-state index >= 15 is 0 Å². The van der Waals surface area contributed by atoms with Crippen molar-refractivity contribution in [1.82, 2.24) is 4.90 Å². The molecule has 10 heavy (non-hydrogen) atoms. The summed E-state index contributed by atoms with van der Waals surface area (Å²) in [7, 11) is 3.65. The Balaban J connectivity index is 3.50. The van der Waals surface area contributed by atoms with Crippen molar-refractivity contribution in [3.63, 3.8) is 0 Å². The zero-order chi connectivity index (χ0) is 8.15. The number of nitrogens with zero attached hydrogens (tertiary/aromatic N) is 1. The van der Waals surface area contributed by atoms with E-state index in [1.54, 1.807) is 11.8 Å². The summed E-state index contributed by atoms with van der Waals surface area (Å²) in [6.07, 6.45) is 0. The number of hydrogen-bond acceptors (Lipinski definition) is 3. The van der Waals surface area contributed by atoms with Crippen LogP contribution in [0.2, 0.25) is 0 Å². The Morgan fingerprint density at radius 2 is 2.10 bits per heavy atom. The standard InChI is InChI=1S/C7H13NO2/c1-6(2)7(9)10-5-8(3)4/h1,5H2,2-4H3. The molecular formula is C7H13NO2. The molecule has 0 unspecified atom stereocenters. The Kier molecular flexibility index (Phi) is 3.72. The van der Waals surface area contributed by atoms with E-state index in [1.165, 1.54) is 0 Å². The Bertz CT molecular complexity index is 141. The molecule has 0 radical (unpaired) electrons. The maximum atomic E-state index is 10.7. The molecule has 0 saturated carbocycles. The van der Waals surface area contributed by atoms with Gasteiger partial charge in [0.1, 0.15) is 6.73 Å². The van der Waals surface area contributed by atoms with Gasteiger partial charge in [-0.25, -0.2) is 4.79 Å². The minimum atomic E-state index is -0.339. The summed E-state index contributed by atoms with van der Waals surface area (Å²) in [4.78, 5) is 12.5. The van der Waals surface area contributed by atoms with Crippen molar-refractivity contribution < 1.29 is 9.53 Å². The zero-order valence-electron chi connectivity index (χ0n) is 6.68. The van der Waals surface area contributed by atoms with Crippen molar-refractivity contribution >= 4 is 5.97 Å². The van der Waals surface area contributed by atoms with Crippen LogP contribution in [-0.4, -0.2) is 31.7 Å². The quantitative estimate of drug-likeness (QED) is 0.329. The maximum absolute atomic E-state index is 10.7. The van der Waals surface area contributed by atoms with Crippen LogP contribution in [0.5, 0.6) is 0 Å². The van der Waals surface area contributed by atoms with Crippen molar-refractivity contribution in [3.05, 3.63) is 12.2 Å². The van der Waals surface area contributed by atoms with Gasteiger partial charge in [0.05, 0.1) is 0 Å². The molecule has 0 atom stereocenters. The van der Waals surface area contributed by atoms with E-state index < -0.39 is 0 Å². The van der Waals surface area contributed by atoms with Crippen molar-refractivity contribution in [2.24, 2.45) is 0 Å². The maximum Gasteiger partial charge on any atom is 0.334 e. The van der Waals surface area contributed by atoms with Gasteiger partial charge < -0.3 is 4.74 Å². The molecular weight excluding hydrogens is 130 g/mol. The highest BCUT2D eigenvalue weighted by Gasteiger charge is 2.01. The third-order valence-electron chi connectivity index (χ3n) is 0.802. The van der Waals surface area contributed by atoms with Gasteiger partial charge in [-0.15, -0.1) is 0 Å². The van der Waals surface area contributed by atoms with E-state index in [4.69, 9.17) is 4.74 Å². The van der Waals surface area contributed by atoms with Crippen molar-refractivity contribution in [2.45, 2.75) is 6.92 Å². The minimum absolute atomic E-state index is 0.311. The first-order valence-electron chi connectivity index (χ1n) is 3.01. The normalized spacial score (nSPS) is 9.60. The molecule has 0 aromatic heterocycles. The van der Waals surface area contributed by atoms with Crippen LogP contribution in [0.3, 0.4) is 0 Å². The largest absolute Gasteiger partial charge is 0.446 e. The Morgan fingerprint density at radius 1 is 1.60 bits per heavy atom. The minimum Gasteiger partial charge on any atom is -0.446 e. The van der Waals surface area contributed by atoms with Crippen LogP contribution in [0.25, 0.3) is 0 Å². The Hall–Kier alpha value is -0.830. The van der Waals surface area contributed by atoms with Gasteiger partial charge in [0, 0.05) is 5.57 Å². The molecule has 0 aromatic carbocycles. The van der Waals surface area contributed by atoms with Gasteiger partial charge in [-0.1, -0.05) is 6.58 Å². The molecule has 0 spiro atoms. The lowest BCUT2D eigenvalue weighted by molar-refractivity contribution is -0.142. The second-order valence-corrected chi connectivity index (χ2v) is 2.42. The third kappa shape index (κ3) is 4.09. The van der Waals surface area contributed by atoms with Crippen LogP contribution in [0.1, 0.15) is 6.92 Å². The number of carbonyl (C=O) groups excluding carboxylic acids is 1. The second-order valence-electron chi connectivity index (χ2n) is 2.42. The van der Waals surface area contributed by atoms with Crippen molar-refractivity contribution in [1.29, 1.82) is 0 Å². The summed E-state index contributed by atoms with van der Waals surface area (Å²) in [5, 5.41) is 0. The van der Waals surface area contributed by atoms with Gasteiger partial charge >= 0.3 is 5.97 Å². The average Bonchev–Trinajstić information content (AvgIpc) is 1.82. The monoisotopic (exact) mass is 143 g/mol. The Labute approximate surface area is 61.3 Å². The third-order valence-corrected chi connectivity index (χ3v) is 0.802. The summed E-state index contributed by atoms with van der Waals surface area (Å²) in [5.41, 5.74) is 0.432. The number of rotatable bonds is 3. The SMILES string of the molecule is C=C(C)C(=O)OCN(C)C. The predicted octanol–water partition coefficient (Wildman–Crippen LogP) is 0.625. The van der Waals surface area contributed by atoms with Gasteiger partial charge in [0.25, 0.3) is 0 Å². The highest BCUT2D eigenvalue weighted by molar-refractivity contribution is 5.86. The lowest BCUT2D eigenvalue weighted by Crippen LogP contribution is -2.19. The van der Waals surface area contributed by atoms with Crippen LogP contribution in [0.4, 0.5) is 0 Å². The first-order valence-corrected chi connectivity index (χ1v) is 3.01. The fourth-order valence-corrected chi connectivity index (χ4v) is 0.311. The fourth-order valence-electron chi connectivity index (χ4n) is 0.311. The summed E-state index contributed by atoms with van der Waals surface area (Å²) >= 11 is 0. The van der Waals surface area contributed by atoms with E-state index in [-0.39, 0.29) is 5.97 Å². The summed E-state index contributed by atoms with van der Waals surface area (Å²) in [6.45, 7) is 5.37. The molecule has 0 aliphatic carbocycles. The average molecular weight is 143 g/mol. The van der Waals surface area contributed by atoms with Crippen LogP contribution < -0.4 is 0 Å². The van der Waals surface area contributed by atoms with Gasteiger partial charge in [0.2, 0.25) is 0 Å². The lowest BCUT2D eigenvalue weighted by atomic mass is 10.4. The van der Waals surface area contributed by atoms with E-state index in [1.807, 2.05) is 14.1 Å². The highest BCUT2D eigenvalue weighted by atomic mass is 16.5. The van der Waals surface area contributed by atoms with Gasteiger partial charge in [0.15, 0.2) is 0 Å². The molecule has 0 N–H and O–H groups in total. The van der Waals surface area contributed by atoms with Gasteiger partial charge in [-0.3, -0.25) is 4.90 Å². The number of esters is 1. The van der Waals surface area contributed by atoms with Gasteiger partial charge in [-0.05, 0) is 21.0 Å². The molecule has 0 rings (SSSR count). The van der Waals surface area contributed by atoms with Crippen LogP contribution in [0, 0.1) is 0 Å². The van der Waals surface area contributed by atoms with E-state index in [2.05, 4.69) is 6.58 Å². The van der Waals surface area contributed by atoms with Crippen LogP contribution >= 0.6 is 0 Å². The van der Waals surface area contributed by atoms with Crippen LogP contribution in [0.15, 0.2) is 12.2 Å². The second kappa shape index (κ2) is 4.06. The first kappa shape index (κ1) is 9.17. The molecule has 3 heteroatoms. The lowest BCUT2D eigenvalue weighted by Gasteiger charge is -2.09. The predicted molar refractivity (Wildman–Crippen MR) is 39.5 cm³/mol. The molecule has 0 aromatic rings. The number of hydrogen-bond donors (Lipinski definition) is 0. The zero-order valence-corrected chi connectivity index (χ0v) is 6.68. The molecule has 58 valence electrons. The number of carbonyl (C=O) groups is 1. The van der Waals surface area contributed by atoms with Crippen molar-refractivity contribution in [2.75, 3.05) is 20.8 Å². The molecule has 0 bridgehead atoms. The Morgan fingerprint density at radius 3 is 2.40 bits per heavy atom. The highest BCUT2D eigenvalue weighted by Crippen LogP contribution is 1.91.